The van der Waals surface area contributed by atoms with Crippen LogP contribution < -0.4 is 5.32 Å². The molecule has 2 aromatic rings. The average molecular weight is 266 g/mol. The summed E-state index contributed by atoms with van der Waals surface area (Å²) in [6.07, 6.45) is 1.48. The number of aryl methyl sites for hydroxylation is 2. The van der Waals surface area contributed by atoms with Crippen LogP contribution in [0.4, 0.5) is 0 Å². The zero-order valence-electron chi connectivity index (χ0n) is 10.0. The Bertz CT molecular complexity index is 561. The van der Waals surface area contributed by atoms with Gasteiger partial charge in [-0.15, -0.1) is 0 Å². The highest BCUT2D eigenvalue weighted by Crippen LogP contribution is 2.09. The first kappa shape index (κ1) is 12.6. The van der Waals surface area contributed by atoms with E-state index in [-0.39, 0.29) is 17.6 Å². The predicted octanol–water partition coefficient (Wildman–Crippen LogP) is 2.27. The first-order chi connectivity index (χ1) is 8.56. The second kappa shape index (κ2) is 5.18. The van der Waals surface area contributed by atoms with Gasteiger partial charge in [0.05, 0.1) is 12.2 Å². The lowest BCUT2D eigenvalue weighted by Crippen LogP contribution is -2.23. The fourth-order valence-electron chi connectivity index (χ4n) is 1.42. The summed E-state index contributed by atoms with van der Waals surface area (Å²) in [5, 5.41) is 2.98. The molecule has 5 nitrogen and oxygen atoms in total. The quantitative estimate of drug-likeness (QED) is 0.865. The van der Waals surface area contributed by atoms with Gasteiger partial charge in [0, 0.05) is 11.8 Å². The Morgan fingerprint density at radius 1 is 1.50 bits per heavy atom. The molecule has 0 spiro atoms. The molecule has 2 heterocycles. The van der Waals surface area contributed by atoms with Crippen molar-refractivity contribution in [3.63, 3.8) is 0 Å². The van der Waals surface area contributed by atoms with E-state index in [2.05, 4.69) is 15.3 Å². The molecule has 0 unspecified atom stereocenters. The third-order valence-electron chi connectivity index (χ3n) is 2.46. The second-order valence-electron chi connectivity index (χ2n) is 3.80. The van der Waals surface area contributed by atoms with E-state index in [0.717, 1.165) is 11.5 Å². The summed E-state index contributed by atoms with van der Waals surface area (Å²) in [6.45, 7) is 3.93. The minimum absolute atomic E-state index is 0.243. The maximum atomic E-state index is 11.8. The number of aromatic nitrogens is 2. The SMILES string of the molecule is Cc1nc(CNC(=O)c2ccnc(Cl)c2)oc1C. The van der Waals surface area contributed by atoms with Gasteiger partial charge in [0.1, 0.15) is 10.9 Å². The summed E-state index contributed by atoms with van der Waals surface area (Å²) >= 11 is 5.71. The number of oxazole rings is 1. The van der Waals surface area contributed by atoms with E-state index in [4.69, 9.17) is 16.0 Å². The number of carbonyl (C=O) groups excluding carboxylic acids is 1. The Morgan fingerprint density at radius 2 is 2.28 bits per heavy atom. The monoisotopic (exact) mass is 265 g/mol. The van der Waals surface area contributed by atoms with Gasteiger partial charge in [0.25, 0.3) is 5.91 Å². The fourth-order valence-corrected chi connectivity index (χ4v) is 1.59. The van der Waals surface area contributed by atoms with Gasteiger partial charge in [-0.1, -0.05) is 11.6 Å². The van der Waals surface area contributed by atoms with Crippen LogP contribution in [0.1, 0.15) is 27.7 Å². The maximum absolute atomic E-state index is 11.8. The number of halogens is 1. The molecule has 0 bridgehead atoms. The lowest BCUT2D eigenvalue weighted by molar-refractivity contribution is 0.0947. The molecule has 0 aromatic carbocycles. The van der Waals surface area contributed by atoms with Crippen molar-refractivity contribution < 1.29 is 9.21 Å². The fraction of sp³-hybridized carbons (Fsp3) is 0.250. The molecule has 1 N–H and O–H groups in total. The van der Waals surface area contributed by atoms with Crippen LogP contribution in [0.15, 0.2) is 22.7 Å². The molecular weight excluding hydrogens is 254 g/mol. The Balaban J connectivity index is 2.00. The Morgan fingerprint density at radius 3 is 2.89 bits per heavy atom. The highest BCUT2D eigenvalue weighted by atomic mass is 35.5. The molecule has 0 saturated carbocycles. The van der Waals surface area contributed by atoms with Crippen LogP contribution in [0.3, 0.4) is 0 Å². The van der Waals surface area contributed by atoms with Crippen molar-refractivity contribution in [1.29, 1.82) is 0 Å². The number of nitrogens with one attached hydrogen (secondary N) is 1. The lowest BCUT2D eigenvalue weighted by Gasteiger charge is -2.02. The van der Waals surface area contributed by atoms with E-state index in [0.29, 0.717) is 11.5 Å². The van der Waals surface area contributed by atoms with Gasteiger partial charge < -0.3 is 9.73 Å². The minimum Gasteiger partial charge on any atom is -0.444 e. The van der Waals surface area contributed by atoms with Gasteiger partial charge in [0.15, 0.2) is 0 Å². The van der Waals surface area contributed by atoms with Crippen LogP contribution in [0.2, 0.25) is 5.15 Å². The summed E-state index contributed by atoms with van der Waals surface area (Å²) in [6, 6.07) is 3.09. The van der Waals surface area contributed by atoms with Crippen LogP contribution in [0.25, 0.3) is 0 Å². The van der Waals surface area contributed by atoms with E-state index in [1.807, 2.05) is 13.8 Å². The average Bonchev–Trinajstić information content (AvgIpc) is 2.66. The van der Waals surface area contributed by atoms with Crippen molar-refractivity contribution in [2.24, 2.45) is 0 Å². The molecule has 0 aliphatic carbocycles. The Labute approximate surface area is 109 Å². The number of pyridine rings is 1. The lowest BCUT2D eigenvalue weighted by atomic mass is 10.2. The van der Waals surface area contributed by atoms with Crippen molar-refractivity contribution in [1.82, 2.24) is 15.3 Å². The number of hydrogen-bond acceptors (Lipinski definition) is 4. The molecule has 2 rings (SSSR count). The molecule has 0 atom stereocenters. The summed E-state index contributed by atoms with van der Waals surface area (Å²) in [4.78, 5) is 19.8. The number of hydrogen-bond donors (Lipinski definition) is 1. The largest absolute Gasteiger partial charge is 0.444 e. The van der Waals surface area contributed by atoms with Gasteiger partial charge in [-0.05, 0) is 26.0 Å². The summed E-state index contributed by atoms with van der Waals surface area (Å²) < 4.78 is 5.36. The third-order valence-corrected chi connectivity index (χ3v) is 2.67. The molecule has 2 aromatic heterocycles. The van der Waals surface area contributed by atoms with E-state index in [1.165, 1.54) is 12.3 Å². The highest BCUT2D eigenvalue weighted by Gasteiger charge is 2.09. The Kier molecular flexibility index (Phi) is 3.62. The van der Waals surface area contributed by atoms with Gasteiger partial charge in [-0.3, -0.25) is 4.79 Å². The van der Waals surface area contributed by atoms with Crippen LogP contribution in [-0.2, 0) is 6.54 Å². The molecule has 0 fully saturated rings. The first-order valence-electron chi connectivity index (χ1n) is 5.39. The predicted molar refractivity (Wildman–Crippen MR) is 66.4 cm³/mol. The van der Waals surface area contributed by atoms with Crippen LogP contribution >= 0.6 is 11.6 Å². The smallest absolute Gasteiger partial charge is 0.251 e. The second-order valence-corrected chi connectivity index (χ2v) is 4.19. The van der Waals surface area contributed by atoms with Crippen molar-refractivity contribution in [3.05, 3.63) is 46.4 Å². The first-order valence-corrected chi connectivity index (χ1v) is 5.76. The van der Waals surface area contributed by atoms with Crippen molar-refractivity contribution in [2.45, 2.75) is 20.4 Å². The molecule has 94 valence electrons. The Hall–Kier alpha value is -1.88. The molecule has 0 saturated heterocycles. The molecule has 6 heteroatoms. The van der Waals surface area contributed by atoms with Crippen molar-refractivity contribution in [2.75, 3.05) is 0 Å². The minimum atomic E-state index is -0.243. The third kappa shape index (κ3) is 2.87. The molecular formula is C12H12ClN3O2. The molecule has 0 radical (unpaired) electrons. The maximum Gasteiger partial charge on any atom is 0.251 e. The standard InChI is InChI=1S/C12H12ClN3O2/c1-7-8(2)18-11(16-7)6-15-12(17)9-3-4-14-10(13)5-9/h3-5H,6H2,1-2H3,(H,15,17). The molecule has 0 aliphatic heterocycles. The number of nitrogens with zero attached hydrogens (tertiary/aromatic N) is 2. The van der Waals surface area contributed by atoms with Crippen LogP contribution in [-0.4, -0.2) is 15.9 Å². The van der Waals surface area contributed by atoms with E-state index in [9.17, 15) is 4.79 Å². The zero-order valence-corrected chi connectivity index (χ0v) is 10.8. The normalized spacial score (nSPS) is 10.4. The van der Waals surface area contributed by atoms with E-state index >= 15 is 0 Å². The molecule has 0 aliphatic rings. The van der Waals surface area contributed by atoms with Gasteiger partial charge in [-0.2, -0.15) is 0 Å². The topological polar surface area (TPSA) is 68.0 Å². The van der Waals surface area contributed by atoms with Crippen LogP contribution in [0.5, 0.6) is 0 Å². The summed E-state index contributed by atoms with van der Waals surface area (Å²) in [7, 11) is 0. The number of rotatable bonds is 3. The summed E-state index contributed by atoms with van der Waals surface area (Å²) in [5.74, 6) is 0.998. The van der Waals surface area contributed by atoms with Gasteiger partial charge in [0.2, 0.25) is 5.89 Å². The van der Waals surface area contributed by atoms with Crippen LogP contribution in [0, 0.1) is 13.8 Å². The van der Waals surface area contributed by atoms with E-state index < -0.39 is 0 Å². The van der Waals surface area contributed by atoms with E-state index in [1.54, 1.807) is 6.07 Å². The van der Waals surface area contributed by atoms with Crippen molar-refractivity contribution in [3.8, 4) is 0 Å². The van der Waals surface area contributed by atoms with Crippen molar-refractivity contribution >= 4 is 17.5 Å². The zero-order chi connectivity index (χ0) is 13.1. The molecule has 1 amide bonds. The number of amides is 1. The van der Waals surface area contributed by atoms with Gasteiger partial charge >= 0.3 is 0 Å². The molecule has 18 heavy (non-hydrogen) atoms. The summed E-state index contributed by atoms with van der Waals surface area (Å²) in [5.41, 5.74) is 1.28. The highest BCUT2D eigenvalue weighted by molar-refractivity contribution is 6.29. The van der Waals surface area contributed by atoms with Gasteiger partial charge in [-0.25, -0.2) is 9.97 Å². The number of carbonyl (C=O) groups is 1.